The van der Waals surface area contributed by atoms with E-state index in [4.69, 9.17) is 14.4 Å². The van der Waals surface area contributed by atoms with Crippen molar-refractivity contribution in [2.24, 2.45) is 0 Å². The smallest absolute Gasteiger partial charge is 0.235 e. The zero-order valence-electron chi connectivity index (χ0n) is 25.1. The van der Waals surface area contributed by atoms with Gasteiger partial charge in [-0.1, -0.05) is 115 Å². The summed E-state index contributed by atoms with van der Waals surface area (Å²) in [7, 11) is 0. The molecule has 218 valence electrons. The second-order valence-corrected chi connectivity index (χ2v) is 12.2. The van der Waals surface area contributed by atoms with Gasteiger partial charge in [0.2, 0.25) is 5.95 Å². The second-order valence-electron chi connectivity index (χ2n) is 12.2. The van der Waals surface area contributed by atoms with E-state index in [1.54, 1.807) is 0 Å². The molecule has 6 aromatic carbocycles. The van der Waals surface area contributed by atoms with Crippen molar-refractivity contribution in [2.75, 3.05) is 0 Å². The van der Waals surface area contributed by atoms with Gasteiger partial charge < -0.3 is 8.82 Å². The molecule has 0 spiro atoms. The van der Waals surface area contributed by atoms with Crippen LogP contribution in [0.3, 0.4) is 0 Å². The van der Waals surface area contributed by atoms with Crippen molar-refractivity contribution in [3.05, 3.63) is 146 Å². The minimum atomic E-state index is 0.617. The predicted octanol–water partition coefficient (Wildman–Crippen LogP) is 10.9. The van der Waals surface area contributed by atoms with Gasteiger partial charge in [0.05, 0.1) is 33.8 Å². The number of benzene rings is 6. The van der Waals surface area contributed by atoms with Crippen LogP contribution in [0.15, 0.2) is 150 Å². The van der Waals surface area contributed by atoms with Gasteiger partial charge in [0, 0.05) is 27.1 Å². The molecule has 0 bridgehead atoms. The molecule has 0 fully saturated rings. The highest BCUT2D eigenvalue weighted by molar-refractivity contribution is 6.29. The average molecular weight is 601 g/mol. The molecule has 0 unspecified atom stereocenters. The summed E-state index contributed by atoms with van der Waals surface area (Å²) < 4.78 is 11.2. The minimum absolute atomic E-state index is 0.617. The molecule has 0 radical (unpaired) electrons. The molecule has 5 heteroatoms. The maximum atomic E-state index is 6.46. The number of furan rings is 1. The van der Waals surface area contributed by atoms with Crippen LogP contribution in [0, 0.1) is 0 Å². The largest absolute Gasteiger partial charge is 0.452 e. The van der Waals surface area contributed by atoms with Gasteiger partial charge in [-0.25, -0.2) is 9.97 Å². The summed E-state index contributed by atoms with van der Waals surface area (Å²) in [6.45, 7) is 0. The van der Waals surface area contributed by atoms with E-state index in [1.165, 1.54) is 26.9 Å². The van der Waals surface area contributed by atoms with Crippen molar-refractivity contribution in [3.8, 4) is 17.1 Å². The fourth-order valence-electron chi connectivity index (χ4n) is 7.83. The molecule has 5 aromatic heterocycles. The standard InChI is InChI=1S/C42H24N4O/c1-2-12-25(13-3-1)26-18-10-20-32-38-36(47-41(26)32)24-43-42(44-38)46-35-23-11-19-30-28-15-5-4-14-27(28)29-16-6-8-21-33(29)45-34-22-9-7-17-31(34)39(46)40(45)37(30)35/h1-24H. The first-order valence-electron chi connectivity index (χ1n) is 15.8. The van der Waals surface area contributed by atoms with Gasteiger partial charge in [-0.15, -0.1) is 0 Å². The Kier molecular flexibility index (Phi) is 4.78. The summed E-state index contributed by atoms with van der Waals surface area (Å²) in [5, 5.41) is 8.15. The molecule has 0 atom stereocenters. The third-order valence-corrected chi connectivity index (χ3v) is 9.75. The third kappa shape index (κ3) is 3.22. The van der Waals surface area contributed by atoms with Gasteiger partial charge in [-0.05, 0) is 46.0 Å². The lowest BCUT2D eigenvalue weighted by Crippen LogP contribution is -2.00. The zero-order chi connectivity index (χ0) is 30.6. The Hall–Kier alpha value is -6.46. The first-order chi connectivity index (χ1) is 23.3. The highest BCUT2D eigenvalue weighted by atomic mass is 16.3. The van der Waals surface area contributed by atoms with E-state index < -0.39 is 0 Å². The van der Waals surface area contributed by atoms with Crippen molar-refractivity contribution >= 4 is 82.0 Å². The number of para-hydroxylation sites is 3. The highest BCUT2D eigenvalue weighted by Gasteiger charge is 2.25. The second kappa shape index (κ2) is 9.05. The van der Waals surface area contributed by atoms with Crippen molar-refractivity contribution in [3.63, 3.8) is 0 Å². The van der Waals surface area contributed by atoms with Crippen LogP contribution in [0.4, 0.5) is 0 Å². The maximum Gasteiger partial charge on any atom is 0.235 e. The molecule has 5 nitrogen and oxygen atoms in total. The zero-order valence-corrected chi connectivity index (χ0v) is 25.1. The summed E-state index contributed by atoms with van der Waals surface area (Å²) in [6.07, 6.45) is 1.83. The molecule has 0 aliphatic heterocycles. The van der Waals surface area contributed by atoms with Gasteiger partial charge in [0.15, 0.2) is 5.58 Å². The van der Waals surface area contributed by atoms with Gasteiger partial charge in [-0.3, -0.25) is 4.57 Å². The van der Waals surface area contributed by atoms with E-state index >= 15 is 0 Å². The molecule has 47 heavy (non-hydrogen) atoms. The lowest BCUT2D eigenvalue weighted by atomic mass is 10.0. The Bertz CT molecular complexity index is 3070. The van der Waals surface area contributed by atoms with Crippen LogP contribution in [-0.4, -0.2) is 18.9 Å². The van der Waals surface area contributed by atoms with Crippen LogP contribution in [0.1, 0.15) is 0 Å². The van der Waals surface area contributed by atoms with Gasteiger partial charge >= 0.3 is 0 Å². The number of fused-ring (bicyclic) bond motifs is 11. The number of hydrogen-bond acceptors (Lipinski definition) is 3. The number of rotatable bonds is 2. The van der Waals surface area contributed by atoms with E-state index in [9.17, 15) is 0 Å². The number of aromatic nitrogens is 4. The first-order valence-corrected chi connectivity index (χ1v) is 15.8. The molecule has 0 amide bonds. The molecule has 5 heterocycles. The van der Waals surface area contributed by atoms with E-state index in [1.807, 2.05) is 12.3 Å². The Labute approximate surface area is 267 Å². The Morgan fingerprint density at radius 2 is 1.11 bits per heavy atom. The monoisotopic (exact) mass is 600 g/mol. The lowest BCUT2D eigenvalue weighted by Gasteiger charge is -2.10. The third-order valence-electron chi connectivity index (χ3n) is 9.75. The van der Waals surface area contributed by atoms with Crippen LogP contribution >= 0.6 is 0 Å². The summed E-state index contributed by atoms with van der Waals surface area (Å²) in [4.78, 5) is 10.3. The molecular formula is C42H24N4O. The fraction of sp³-hybridized carbons (Fsp3) is 0. The van der Waals surface area contributed by atoms with E-state index in [0.717, 1.165) is 60.6 Å². The Morgan fingerprint density at radius 1 is 0.489 bits per heavy atom. The predicted molar refractivity (Wildman–Crippen MR) is 193 cm³/mol. The first kappa shape index (κ1) is 24.8. The van der Waals surface area contributed by atoms with Crippen LogP contribution in [0.2, 0.25) is 0 Å². The SMILES string of the molecule is c1ccc(-c2cccc3c2oc2cnc(-n4c5cccc6c7ccccc7c7ccccc7n7c8ccccc8c4c7c65)nc23)cc1. The molecule has 0 aliphatic rings. The van der Waals surface area contributed by atoms with Crippen LogP contribution < -0.4 is 0 Å². The van der Waals surface area contributed by atoms with Gasteiger partial charge in [-0.2, -0.15) is 0 Å². The topological polar surface area (TPSA) is 48.3 Å². The van der Waals surface area contributed by atoms with Crippen LogP contribution in [-0.2, 0) is 0 Å². The van der Waals surface area contributed by atoms with Crippen molar-refractivity contribution < 1.29 is 4.42 Å². The van der Waals surface area contributed by atoms with Crippen molar-refractivity contribution in [1.82, 2.24) is 18.9 Å². The Morgan fingerprint density at radius 3 is 1.94 bits per heavy atom. The summed E-state index contributed by atoms with van der Waals surface area (Å²) >= 11 is 0. The van der Waals surface area contributed by atoms with Crippen molar-refractivity contribution in [2.45, 2.75) is 0 Å². The summed E-state index contributed by atoms with van der Waals surface area (Å²) in [5.74, 6) is 0.617. The highest BCUT2D eigenvalue weighted by Crippen LogP contribution is 2.44. The van der Waals surface area contributed by atoms with Gasteiger partial charge in [0.1, 0.15) is 11.1 Å². The minimum Gasteiger partial charge on any atom is -0.452 e. The summed E-state index contributed by atoms with van der Waals surface area (Å²) in [5.41, 5.74) is 10.1. The molecule has 0 N–H and O–H groups in total. The maximum absolute atomic E-state index is 6.46. The Balaban J connectivity index is 1.34. The molecule has 0 saturated heterocycles. The quantitative estimate of drug-likeness (QED) is 0.198. The molecule has 11 aromatic rings. The van der Waals surface area contributed by atoms with Crippen molar-refractivity contribution in [1.29, 1.82) is 0 Å². The average Bonchev–Trinajstić information content (AvgIpc) is 3.78. The van der Waals surface area contributed by atoms with Gasteiger partial charge in [0.25, 0.3) is 0 Å². The van der Waals surface area contributed by atoms with Crippen LogP contribution in [0.25, 0.3) is 99.0 Å². The molecule has 0 aliphatic carbocycles. The molecular weight excluding hydrogens is 576 g/mol. The van der Waals surface area contributed by atoms with E-state index in [2.05, 4.69) is 142 Å². The van der Waals surface area contributed by atoms with E-state index in [-0.39, 0.29) is 0 Å². The molecule has 11 rings (SSSR count). The fourth-order valence-corrected chi connectivity index (χ4v) is 7.83. The normalized spacial score (nSPS) is 12.3. The number of hydrogen-bond donors (Lipinski definition) is 0. The lowest BCUT2D eigenvalue weighted by molar-refractivity contribution is 0.666. The summed E-state index contributed by atoms with van der Waals surface area (Å²) in [6, 6.07) is 49.4. The number of nitrogens with zero attached hydrogens (tertiary/aromatic N) is 4. The van der Waals surface area contributed by atoms with Crippen LogP contribution in [0.5, 0.6) is 0 Å². The van der Waals surface area contributed by atoms with E-state index in [0.29, 0.717) is 11.5 Å². The molecule has 0 saturated carbocycles.